The molecular weight excluding hydrogens is 162 g/mol. The zero-order chi connectivity index (χ0) is 9.26. The molecule has 0 aromatic heterocycles. The fourth-order valence-corrected chi connectivity index (χ4v) is 1.71. The number of nitrogens with two attached hydrogens (primary N) is 1. The summed E-state index contributed by atoms with van der Waals surface area (Å²) in [7, 11) is 0. The lowest BCUT2D eigenvalue weighted by atomic mass is 10.1. The van der Waals surface area contributed by atoms with Crippen molar-refractivity contribution in [3.8, 4) is 0 Å². The highest BCUT2D eigenvalue weighted by molar-refractivity contribution is 5.33. The molecular formula is C10H15N3. The van der Waals surface area contributed by atoms with E-state index in [1.165, 1.54) is 11.1 Å². The van der Waals surface area contributed by atoms with Gasteiger partial charge < -0.3 is 5.73 Å². The summed E-state index contributed by atoms with van der Waals surface area (Å²) in [6.45, 7) is 2.88. The first-order valence-corrected chi connectivity index (χ1v) is 4.60. The minimum absolute atomic E-state index is 0.0173. The summed E-state index contributed by atoms with van der Waals surface area (Å²) in [6.07, 6.45) is 0.236. The summed E-state index contributed by atoms with van der Waals surface area (Å²) in [6, 6.07) is 8.40. The molecule has 2 rings (SSSR count). The molecule has 1 aromatic rings. The van der Waals surface area contributed by atoms with Crippen molar-refractivity contribution >= 4 is 0 Å². The summed E-state index contributed by atoms with van der Waals surface area (Å²) in [5.74, 6) is 0. The number of hydrogen-bond acceptors (Lipinski definition) is 3. The quantitative estimate of drug-likeness (QED) is 0.582. The molecule has 0 amide bonds. The van der Waals surface area contributed by atoms with Crippen LogP contribution in [-0.2, 0) is 6.54 Å². The third-order valence-electron chi connectivity index (χ3n) is 2.29. The molecule has 1 aliphatic heterocycles. The summed E-state index contributed by atoms with van der Waals surface area (Å²) in [4.78, 5) is 0. The Labute approximate surface area is 78.3 Å². The Morgan fingerprint density at radius 2 is 2.31 bits per heavy atom. The van der Waals surface area contributed by atoms with E-state index in [1.54, 1.807) is 0 Å². The van der Waals surface area contributed by atoms with E-state index in [-0.39, 0.29) is 12.3 Å². The van der Waals surface area contributed by atoms with E-state index in [9.17, 15) is 0 Å². The topological polar surface area (TPSA) is 50.1 Å². The van der Waals surface area contributed by atoms with Gasteiger partial charge in [-0.2, -0.15) is 0 Å². The maximum absolute atomic E-state index is 5.68. The monoisotopic (exact) mass is 177 g/mol. The lowest BCUT2D eigenvalue weighted by Gasteiger charge is -2.17. The van der Waals surface area contributed by atoms with Gasteiger partial charge in [0, 0.05) is 6.54 Å². The fourth-order valence-electron chi connectivity index (χ4n) is 1.71. The first-order valence-electron chi connectivity index (χ1n) is 4.60. The molecule has 1 aliphatic rings. The van der Waals surface area contributed by atoms with E-state index in [0.29, 0.717) is 0 Å². The van der Waals surface area contributed by atoms with Crippen LogP contribution in [0.3, 0.4) is 0 Å². The highest BCUT2D eigenvalue weighted by Crippen LogP contribution is 2.22. The van der Waals surface area contributed by atoms with Crippen LogP contribution in [0.4, 0.5) is 0 Å². The SMILES string of the molecule is CC(N)NC1NCc2ccccc21. The van der Waals surface area contributed by atoms with Crippen molar-refractivity contribution in [2.45, 2.75) is 25.8 Å². The van der Waals surface area contributed by atoms with Gasteiger partial charge in [0.25, 0.3) is 0 Å². The molecule has 3 heteroatoms. The second-order valence-corrected chi connectivity index (χ2v) is 3.47. The standard InChI is InChI=1S/C10H15N3/c1-7(11)13-10-9-5-3-2-4-8(9)6-12-10/h2-5,7,10,12-13H,6,11H2,1H3. The van der Waals surface area contributed by atoms with Crippen molar-refractivity contribution in [2.24, 2.45) is 5.73 Å². The Bertz CT molecular complexity index is 296. The second kappa shape index (κ2) is 3.46. The molecule has 2 atom stereocenters. The van der Waals surface area contributed by atoms with Gasteiger partial charge in [0.2, 0.25) is 0 Å². The minimum atomic E-state index is 0.0173. The number of fused-ring (bicyclic) bond motifs is 1. The lowest BCUT2D eigenvalue weighted by molar-refractivity contribution is 0.420. The van der Waals surface area contributed by atoms with E-state index in [0.717, 1.165) is 6.54 Å². The molecule has 0 bridgehead atoms. The van der Waals surface area contributed by atoms with Gasteiger partial charge in [0.15, 0.2) is 0 Å². The predicted molar refractivity (Wildman–Crippen MR) is 52.8 cm³/mol. The van der Waals surface area contributed by atoms with Crippen LogP contribution in [-0.4, -0.2) is 6.17 Å². The van der Waals surface area contributed by atoms with Crippen molar-refractivity contribution in [1.29, 1.82) is 0 Å². The molecule has 0 radical (unpaired) electrons. The number of rotatable bonds is 2. The largest absolute Gasteiger partial charge is 0.316 e. The molecule has 3 nitrogen and oxygen atoms in total. The molecule has 1 heterocycles. The Morgan fingerprint density at radius 3 is 3.08 bits per heavy atom. The van der Waals surface area contributed by atoms with Gasteiger partial charge >= 0.3 is 0 Å². The van der Waals surface area contributed by atoms with Crippen LogP contribution in [0.1, 0.15) is 24.2 Å². The third kappa shape index (κ3) is 1.72. The molecule has 0 saturated heterocycles. The zero-order valence-corrected chi connectivity index (χ0v) is 7.75. The van der Waals surface area contributed by atoms with E-state index in [1.807, 2.05) is 6.92 Å². The molecule has 1 aromatic carbocycles. The summed E-state index contributed by atoms with van der Waals surface area (Å²) in [5.41, 5.74) is 8.36. The van der Waals surface area contributed by atoms with Crippen LogP contribution >= 0.6 is 0 Å². The van der Waals surface area contributed by atoms with Gasteiger partial charge in [-0.3, -0.25) is 10.6 Å². The van der Waals surface area contributed by atoms with E-state index in [2.05, 4.69) is 34.9 Å². The van der Waals surface area contributed by atoms with Gasteiger partial charge in [-0.15, -0.1) is 0 Å². The van der Waals surface area contributed by atoms with Gasteiger partial charge in [0.1, 0.15) is 0 Å². The Kier molecular flexibility index (Phi) is 2.31. The molecule has 4 N–H and O–H groups in total. The summed E-state index contributed by atoms with van der Waals surface area (Å²) < 4.78 is 0. The van der Waals surface area contributed by atoms with Crippen molar-refractivity contribution in [2.75, 3.05) is 0 Å². The average molecular weight is 177 g/mol. The van der Waals surface area contributed by atoms with Crippen LogP contribution in [0.25, 0.3) is 0 Å². The maximum Gasteiger partial charge on any atom is 0.0853 e. The average Bonchev–Trinajstić information content (AvgIpc) is 2.48. The van der Waals surface area contributed by atoms with Gasteiger partial charge in [-0.05, 0) is 18.1 Å². The van der Waals surface area contributed by atoms with Crippen LogP contribution in [0.15, 0.2) is 24.3 Å². The number of benzene rings is 1. The second-order valence-electron chi connectivity index (χ2n) is 3.47. The van der Waals surface area contributed by atoms with Crippen LogP contribution in [0.2, 0.25) is 0 Å². The third-order valence-corrected chi connectivity index (χ3v) is 2.29. The summed E-state index contributed by atoms with van der Waals surface area (Å²) >= 11 is 0. The van der Waals surface area contributed by atoms with Crippen LogP contribution in [0, 0.1) is 0 Å². The highest BCUT2D eigenvalue weighted by Gasteiger charge is 2.20. The van der Waals surface area contributed by atoms with Crippen molar-refractivity contribution in [3.05, 3.63) is 35.4 Å². The van der Waals surface area contributed by atoms with Crippen molar-refractivity contribution in [1.82, 2.24) is 10.6 Å². The van der Waals surface area contributed by atoms with Gasteiger partial charge in [-0.25, -0.2) is 0 Å². The smallest absolute Gasteiger partial charge is 0.0853 e. The Morgan fingerprint density at radius 1 is 1.54 bits per heavy atom. The minimum Gasteiger partial charge on any atom is -0.316 e. The summed E-state index contributed by atoms with van der Waals surface area (Å²) in [5, 5.41) is 6.63. The lowest BCUT2D eigenvalue weighted by Crippen LogP contribution is -2.40. The molecule has 0 fully saturated rings. The molecule has 0 aliphatic carbocycles. The van der Waals surface area contributed by atoms with Gasteiger partial charge in [-0.1, -0.05) is 24.3 Å². The molecule has 0 saturated carbocycles. The number of nitrogens with one attached hydrogen (secondary N) is 2. The van der Waals surface area contributed by atoms with E-state index >= 15 is 0 Å². The normalized spacial score (nSPS) is 22.8. The van der Waals surface area contributed by atoms with E-state index < -0.39 is 0 Å². The molecule has 2 unspecified atom stereocenters. The van der Waals surface area contributed by atoms with Gasteiger partial charge in [0.05, 0.1) is 12.3 Å². The van der Waals surface area contributed by atoms with E-state index in [4.69, 9.17) is 5.73 Å². The highest BCUT2D eigenvalue weighted by atomic mass is 15.2. The first-order chi connectivity index (χ1) is 6.27. The van der Waals surface area contributed by atoms with Crippen LogP contribution in [0.5, 0.6) is 0 Å². The maximum atomic E-state index is 5.68. The Hall–Kier alpha value is -0.900. The zero-order valence-electron chi connectivity index (χ0n) is 7.75. The predicted octanol–water partition coefficient (Wildman–Crippen LogP) is 0.683. The fraction of sp³-hybridized carbons (Fsp3) is 0.400. The molecule has 13 heavy (non-hydrogen) atoms. The van der Waals surface area contributed by atoms with Crippen LogP contribution < -0.4 is 16.4 Å². The Balaban J connectivity index is 2.18. The molecule has 0 spiro atoms. The van der Waals surface area contributed by atoms with Crippen molar-refractivity contribution in [3.63, 3.8) is 0 Å². The molecule has 70 valence electrons. The number of hydrogen-bond donors (Lipinski definition) is 3. The van der Waals surface area contributed by atoms with Crippen molar-refractivity contribution < 1.29 is 0 Å². The first kappa shape index (κ1) is 8.69.